The molecule has 2 aliphatic rings. The molecule has 1 N–H and O–H groups in total. The van der Waals surface area contributed by atoms with E-state index in [0.717, 1.165) is 45.7 Å². The Kier molecular flexibility index (Phi) is 7.16. The van der Waals surface area contributed by atoms with Crippen LogP contribution >= 0.6 is 15.9 Å². The standard InChI is InChI=1S/C25H28BrN3O3/c1-15(25(31)16-6-7-16)13-22-20(10-11-23(30)32-2)29-24(21-5-3-4-12-27-21)18-14-17(26)8-9-19(18)28-22/h3-5,8-9,12,14-16,20,25,31H,6-7,10-11,13H2,1-2H3/t15?,20-,25?/m0/s1. The zero-order chi connectivity index (χ0) is 22.7. The number of rotatable bonds is 8. The summed E-state index contributed by atoms with van der Waals surface area (Å²) in [7, 11) is 1.40. The van der Waals surface area contributed by atoms with Crippen molar-refractivity contribution in [3.8, 4) is 0 Å². The molecular weight excluding hydrogens is 470 g/mol. The number of halogens is 1. The van der Waals surface area contributed by atoms with Crippen molar-refractivity contribution in [3.05, 3.63) is 58.3 Å². The van der Waals surface area contributed by atoms with Crippen LogP contribution in [0.3, 0.4) is 0 Å². The average Bonchev–Trinajstić information content (AvgIpc) is 3.65. The second-order valence-corrected chi connectivity index (χ2v) is 9.51. The summed E-state index contributed by atoms with van der Waals surface area (Å²) in [6, 6.07) is 11.4. The van der Waals surface area contributed by atoms with Crippen molar-refractivity contribution >= 4 is 39.0 Å². The molecule has 2 unspecified atom stereocenters. The smallest absolute Gasteiger partial charge is 0.305 e. The molecular formula is C25H28BrN3O3. The molecule has 0 bridgehead atoms. The number of hydrogen-bond acceptors (Lipinski definition) is 6. The van der Waals surface area contributed by atoms with E-state index in [1.807, 2.05) is 36.4 Å². The lowest BCUT2D eigenvalue weighted by Gasteiger charge is -2.22. The molecule has 6 nitrogen and oxygen atoms in total. The van der Waals surface area contributed by atoms with Crippen molar-refractivity contribution in [1.29, 1.82) is 0 Å². The second-order valence-electron chi connectivity index (χ2n) is 8.60. The third kappa shape index (κ3) is 5.33. The highest BCUT2D eigenvalue weighted by Gasteiger charge is 2.35. The lowest BCUT2D eigenvalue weighted by molar-refractivity contribution is -0.140. The van der Waals surface area contributed by atoms with Gasteiger partial charge in [0.25, 0.3) is 0 Å². The number of methoxy groups -OCH3 is 1. The maximum atomic E-state index is 11.9. The van der Waals surface area contributed by atoms with E-state index in [1.165, 1.54) is 7.11 Å². The van der Waals surface area contributed by atoms with Gasteiger partial charge in [0.1, 0.15) is 0 Å². The number of fused-ring (bicyclic) bond motifs is 1. The maximum absolute atomic E-state index is 11.9. The Bertz CT molecular complexity index is 1030. The number of carbonyl (C=O) groups excluding carboxylic acids is 1. The highest BCUT2D eigenvalue weighted by atomic mass is 79.9. The lowest BCUT2D eigenvalue weighted by Crippen LogP contribution is -2.28. The van der Waals surface area contributed by atoms with Crippen LogP contribution in [0.25, 0.3) is 0 Å². The minimum atomic E-state index is -0.342. The van der Waals surface area contributed by atoms with Crippen molar-refractivity contribution in [1.82, 2.24) is 4.98 Å². The van der Waals surface area contributed by atoms with E-state index in [4.69, 9.17) is 14.7 Å². The van der Waals surface area contributed by atoms with Gasteiger partial charge in [0.05, 0.1) is 36.3 Å². The van der Waals surface area contributed by atoms with E-state index < -0.39 is 0 Å². The molecule has 1 fully saturated rings. The Morgan fingerprint density at radius 1 is 1.28 bits per heavy atom. The third-order valence-corrected chi connectivity index (χ3v) is 6.62. The summed E-state index contributed by atoms with van der Waals surface area (Å²) in [5.74, 6) is 0.183. The van der Waals surface area contributed by atoms with Gasteiger partial charge in [0.15, 0.2) is 0 Å². The summed E-state index contributed by atoms with van der Waals surface area (Å²) in [6.07, 6.45) is 4.94. The molecule has 1 aromatic heterocycles. The first kappa shape index (κ1) is 22.8. The van der Waals surface area contributed by atoms with Crippen LogP contribution in [0, 0.1) is 11.8 Å². The Hall–Kier alpha value is -2.38. The number of aliphatic hydroxyl groups excluding tert-OH is 1. The fourth-order valence-electron chi connectivity index (χ4n) is 4.15. The third-order valence-electron chi connectivity index (χ3n) is 6.12. The van der Waals surface area contributed by atoms with Gasteiger partial charge in [-0.1, -0.05) is 28.9 Å². The van der Waals surface area contributed by atoms with Gasteiger partial charge < -0.3 is 9.84 Å². The number of aliphatic imine (C=N–C) groups is 2. The van der Waals surface area contributed by atoms with Crippen molar-refractivity contribution in [2.75, 3.05) is 7.11 Å². The summed E-state index contributed by atoms with van der Waals surface area (Å²) < 4.78 is 5.80. The molecule has 168 valence electrons. The first-order valence-corrected chi connectivity index (χ1v) is 11.9. The highest BCUT2D eigenvalue weighted by Crippen LogP contribution is 2.38. The number of ether oxygens (including phenoxy) is 1. The molecule has 0 radical (unpaired) electrons. The molecule has 7 heteroatoms. The highest BCUT2D eigenvalue weighted by molar-refractivity contribution is 9.10. The molecule has 1 aliphatic carbocycles. The number of esters is 1. The van der Waals surface area contributed by atoms with Crippen LogP contribution < -0.4 is 0 Å². The van der Waals surface area contributed by atoms with Crippen LogP contribution in [0.4, 0.5) is 5.69 Å². The molecule has 1 saturated carbocycles. The topological polar surface area (TPSA) is 84.1 Å². The lowest BCUT2D eigenvalue weighted by atomic mass is 9.91. The molecule has 2 aromatic rings. The first-order chi connectivity index (χ1) is 15.5. The van der Waals surface area contributed by atoms with Crippen molar-refractivity contribution in [2.45, 2.75) is 51.2 Å². The number of pyridine rings is 1. The maximum Gasteiger partial charge on any atom is 0.305 e. The van der Waals surface area contributed by atoms with E-state index in [0.29, 0.717) is 18.8 Å². The first-order valence-electron chi connectivity index (χ1n) is 11.1. The summed E-state index contributed by atoms with van der Waals surface area (Å²) in [4.78, 5) is 26.6. The summed E-state index contributed by atoms with van der Waals surface area (Å²) in [5.41, 5.74) is 4.12. The van der Waals surface area contributed by atoms with Crippen molar-refractivity contribution < 1.29 is 14.6 Å². The predicted molar refractivity (Wildman–Crippen MR) is 129 cm³/mol. The van der Waals surface area contributed by atoms with Gasteiger partial charge in [-0.25, -0.2) is 0 Å². The van der Waals surface area contributed by atoms with Gasteiger partial charge in [-0.2, -0.15) is 0 Å². The zero-order valence-corrected chi connectivity index (χ0v) is 20.0. The molecule has 3 atom stereocenters. The minimum absolute atomic E-state index is 0.0624. The molecule has 2 heterocycles. The van der Waals surface area contributed by atoms with Crippen molar-refractivity contribution in [3.63, 3.8) is 0 Å². The fraction of sp³-hybridized carbons (Fsp3) is 0.440. The van der Waals surface area contributed by atoms with Crippen LogP contribution in [0.15, 0.2) is 57.1 Å². The number of benzene rings is 1. The quantitative estimate of drug-likeness (QED) is 0.526. The second kappa shape index (κ2) is 10.0. The summed E-state index contributed by atoms with van der Waals surface area (Å²) >= 11 is 3.57. The Labute approximate surface area is 197 Å². The molecule has 1 aliphatic heterocycles. The average molecular weight is 498 g/mol. The Balaban J connectivity index is 1.76. The van der Waals surface area contributed by atoms with E-state index in [1.54, 1.807) is 6.20 Å². The predicted octanol–water partition coefficient (Wildman–Crippen LogP) is 4.89. The molecule has 32 heavy (non-hydrogen) atoms. The molecule has 0 spiro atoms. The molecule has 1 aromatic carbocycles. The number of hydrogen-bond donors (Lipinski definition) is 1. The van der Waals surface area contributed by atoms with Gasteiger partial charge in [0, 0.05) is 28.4 Å². The van der Waals surface area contributed by atoms with Gasteiger partial charge in [0.2, 0.25) is 0 Å². The van der Waals surface area contributed by atoms with E-state index >= 15 is 0 Å². The van der Waals surface area contributed by atoms with E-state index in [-0.39, 0.29) is 30.5 Å². The van der Waals surface area contributed by atoms with Gasteiger partial charge in [-0.3, -0.25) is 19.8 Å². The van der Waals surface area contributed by atoms with Crippen LogP contribution in [-0.2, 0) is 9.53 Å². The normalized spacial score (nSPS) is 19.8. The van der Waals surface area contributed by atoms with Crippen LogP contribution in [0.2, 0.25) is 0 Å². The van der Waals surface area contributed by atoms with Crippen LogP contribution in [0.1, 0.15) is 50.3 Å². The molecule has 0 saturated heterocycles. The van der Waals surface area contributed by atoms with Crippen molar-refractivity contribution in [2.24, 2.45) is 21.8 Å². The number of nitrogens with zero attached hydrogens (tertiary/aromatic N) is 3. The number of carbonyl (C=O) groups is 1. The van der Waals surface area contributed by atoms with E-state index in [9.17, 15) is 9.90 Å². The summed E-state index contributed by atoms with van der Waals surface area (Å²) in [6.45, 7) is 2.07. The Morgan fingerprint density at radius 2 is 2.09 bits per heavy atom. The number of aliphatic hydroxyl groups is 1. The largest absolute Gasteiger partial charge is 0.469 e. The SMILES string of the molecule is COC(=O)CC[C@@H]1N=C(c2ccccn2)c2cc(Br)ccc2N=C1CC(C)C(O)C1CC1. The Morgan fingerprint density at radius 3 is 2.78 bits per heavy atom. The van der Waals surface area contributed by atoms with Gasteiger partial charge in [-0.05, 0) is 67.9 Å². The van der Waals surface area contributed by atoms with Crippen LogP contribution in [0.5, 0.6) is 0 Å². The van der Waals surface area contributed by atoms with E-state index in [2.05, 4.69) is 27.8 Å². The molecule has 4 rings (SSSR count). The molecule has 0 amide bonds. The van der Waals surface area contributed by atoms with Gasteiger partial charge >= 0.3 is 5.97 Å². The summed E-state index contributed by atoms with van der Waals surface area (Å²) in [5, 5.41) is 10.7. The minimum Gasteiger partial charge on any atom is -0.469 e. The fourth-order valence-corrected chi connectivity index (χ4v) is 4.52. The zero-order valence-electron chi connectivity index (χ0n) is 18.4. The monoisotopic (exact) mass is 497 g/mol. The van der Waals surface area contributed by atoms with Gasteiger partial charge in [-0.15, -0.1) is 0 Å². The number of aromatic nitrogens is 1. The van der Waals surface area contributed by atoms with Crippen LogP contribution in [-0.4, -0.2) is 46.7 Å².